The van der Waals surface area contributed by atoms with E-state index in [-0.39, 0.29) is 30.1 Å². The standard InChI is InChI=1S/C15H25N3O2.ClH/c19-13(18-11-3-4-11)2-1-7-17-14(20)12-10-15(12)5-8-16-9-6-15;/h11-12,16H,1-10H2,(H,17,20)(H,18,19);1H. The molecule has 2 amide bonds. The summed E-state index contributed by atoms with van der Waals surface area (Å²) in [6.07, 6.45) is 6.84. The van der Waals surface area contributed by atoms with Gasteiger partial charge in [-0.05, 0) is 57.0 Å². The lowest BCUT2D eigenvalue weighted by atomic mass is 9.92. The molecule has 0 aromatic heterocycles. The molecule has 1 saturated heterocycles. The van der Waals surface area contributed by atoms with Gasteiger partial charge in [0.2, 0.25) is 11.8 Å². The van der Waals surface area contributed by atoms with Gasteiger partial charge in [-0.15, -0.1) is 12.4 Å². The highest BCUT2D eigenvalue weighted by molar-refractivity contribution is 5.85. The Morgan fingerprint density at radius 2 is 1.90 bits per heavy atom. The van der Waals surface area contributed by atoms with Crippen LogP contribution < -0.4 is 16.0 Å². The highest BCUT2D eigenvalue weighted by Crippen LogP contribution is 2.58. The molecule has 6 heteroatoms. The minimum Gasteiger partial charge on any atom is -0.356 e. The van der Waals surface area contributed by atoms with Crippen LogP contribution in [-0.2, 0) is 9.59 Å². The van der Waals surface area contributed by atoms with Gasteiger partial charge in [0.1, 0.15) is 0 Å². The van der Waals surface area contributed by atoms with Gasteiger partial charge in [0, 0.05) is 24.9 Å². The first-order valence-corrected chi connectivity index (χ1v) is 7.97. The van der Waals surface area contributed by atoms with Gasteiger partial charge in [0.25, 0.3) is 0 Å². The first-order chi connectivity index (χ1) is 9.70. The number of hydrogen-bond donors (Lipinski definition) is 3. The van der Waals surface area contributed by atoms with Crippen molar-refractivity contribution in [2.75, 3.05) is 19.6 Å². The largest absolute Gasteiger partial charge is 0.356 e. The second-order valence-corrected chi connectivity index (χ2v) is 6.61. The molecule has 5 nitrogen and oxygen atoms in total. The zero-order chi connectivity index (χ0) is 14.0. The molecule has 1 spiro atoms. The average Bonchev–Trinajstić information content (AvgIpc) is 3.35. The zero-order valence-corrected chi connectivity index (χ0v) is 13.3. The number of carbonyl (C=O) groups is 2. The van der Waals surface area contributed by atoms with E-state index in [1.54, 1.807) is 0 Å². The molecule has 0 aromatic rings. The fourth-order valence-corrected chi connectivity index (χ4v) is 3.31. The summed E-state index contributed by atoms with van der Waals surface area (Å²) in [5, 5.41) is 9.32. The van der Waals surface area contributed by atoms with Crippen molar-refractivity contribution in [3.8, 4) is 0 Å². The Morgan fingerprint density at radius 3 is 2.57 bits per heavy atom. The van der Waals surface area contributed by atoms with Crippen LogP contribution in [0, 0.1) is 11.3 Å². The molecule has 1 heterocycles. The number of halogens is 1. The van der Waals surface area contributed by atoms with Crippen molar-refractivity contribution in [2.24, 2.45) is 11.3 Å². The summed E-state index contributed by atoms with van der Waals surface area (Å²) in [5.74, 6) is 0.558. The number of rotatable bonds is 6. The van der Waals surface area contributed by atoms with Crippen molar-refractivity contribution in [3.63, 3.8) is 0 Å². The fraction of sp³-hybridized carbons (Fsp3) is 0.867. The van der Waals surface area contributed by atoms with Crippen LogP contribution in [0.2, 0.25) is 0 Å². The summed E-state index contributed by atoms with van der Waals surface area (Å²) in [7, 11) is 0. The third-order valence-corrected chi connectivity index (χ3v) is 4.93. The van der Waals surface area contributed by atoms with Crippen molar-refractivity contribution in [2.45, 2.75) is 51.0 Å². The molecular weight excluding hydrogens is 290 g/mol. The summed E-state index contributed by atoms with van der Waals surface area (Å²) < 4.78 is 0. The van der Waals surface area contributed by atoms with Crippen molar-refractivity contribution in [1.82, 2.24) is 16.0 Å². The van der Waals surface area contributed by atoms with E-state index < -0.39 is 0 Å². The molecule has 0 aromatic carbocycles. The molecule has 120 valence electrons. The van der Waals surface area contributed by atoms with Crippen molar-refractivity contribution >= 4 is 24.2 Å². The topological polar surface area (TPSA) is 70.2 Å². The predicted molar refractivity (Wildman–Crippen MR) is 83.3 cm³/mol. The van der Waals surface area contributed by atoms with E-state index in [9.17, 15) is 9.59 Å². The van der Waals surface area contributed by atoms with E-state index in [2.05, 4.69) is 16.0 Å². The highest BCUT2D eigenvalue weighted by atomic mass is 35.5. The van der Waals surface area contributed by atoms with Crippen LogP contribution in [-0.4, -0.2) is 37.5 Å². The molecule has 3 rings (SSSR count). The number of carbonyl (C=O) groups excluding carboxylic acids is 2. The van der Waals surface area contributed by atoms with E-state index in [1.807, 2.05) is 0 Å². The molecule has 2 saturated carbocycles. The summed E-state index contributed by atoms with van der Waals surface area (Å²) in [6.45, 7) is 2.72. The molecule has 2 aliphatic carbocycles. The van der Waals surface area contributed by atoms with Gasteiger partial charge in [0.05, 0.1) is 0 Å². The Morgan fingerprint density at radius 1 is 1.19 bits per heavy atom. The van der Waals surface area contributed by atoms with Crippen LogP contribution in [0.3, 0.4) is 0 Å². The van der Waals surface area contributed by atoms with E-state index >= 15 is 0 Å². The van der Waals surface area contributed by atoms with Crippen molar-refractivity contribution in [3.05, 3.63) is 0 Å². The smallest absolute Gasteiger partial charge is 0.223 e. The summed E-state index contributed by atoms with van der Waals surface area (Å²) >= 11 is 0. The lowest BCUT2D eigenvalue weighted by Gasteiger charge is -2.23. The maximum Gasteiger partial charge on any atom is 0.223 e. The zero-order valence-electron chi connectivity index (χ0n) is 12.5. The predicted octanol–water partition coefficient (Wildman–Crippen LogP) is 0.973. The normalized spacial score (nSPS) is 25.8. The number of nitrogens with one attached hydrogen (secondary N) is 3. The van der Waals surface area contributed by atoms with Gasteiger partial charge in [0.15, 0.2) is 0 Å². The average molecular weight is 316 g/mol. The first kappa shape index (κ1) is 16.6. The van der Waals surface area contributed by atoms with E-state index in [0.717, 1.165) is 51.6 Å². The van der Waals surface area contributed by atoms with Crippen LogP contribution in [0.4, 0.5) is 0 Å². The lowest BCUT2D eigenvalue weighted by Crippen LogP contribution is -2.34. The molecular formula is C15H26ClN3O2. The fourth-order valence-electron chi connectivity index (χ4n) is 3.31. The van der Waals surface area contributed by atoms with Gasteiger partial charge >= 0.3 is 0 Å². The minimum absolute atomic E-state index is 0. The van der Waals surface area contributed by atoms with E-state index in [4.69, 9.17) is 0 Å². The highest BCUT2D eigenvalue weighted by Gasteiger charge is 2.57. The SMILES string of the molecule is Cl.O=C(CCCNC(=O)C1CC12CCNCC2)NC1CC1. The molecule has 3 fully saturated rings. The minimum atomic E-state index is 0. The van der Waals surface area contributed by atoms with Crippen molar-refractivity contribution in [1.29, 1.82) is 0 Å². The van der Waals surface area contributed by atoms with Crippen LogP contribution in [0.15, 0.2) is 0 Å². The number of hydrogen-bond acceptors (Lipinski definition) is 3. The van der Waals surface area contributed by atoms with Crippen LogP contribution in [0.1, 0.15) is 44.9 Å². The molecule has 1 atom stereocenters. The number of amides is 2. The Labute approximate surface area is 132 Å². The van der Waals surface area contributed by atoms with Gasteiger partial charge in [-0.3, -0.25) is 9.59 Å². The van der Waals surface area contributed by atoms with Crippen LogP contribution in [0.25, 0.3) is 0 Å². The van der Waals surface area contributed by atoms with Gasteiger partial charge < -0.3 is 16.0 Å². The molecule has 3 aliphatic rings. The second-order valence-electron chi connectivity index (χ2n) is 6.61. The molecule has 1 unspecified atom stereocenters. The van der Waals surface area contributed by atoms with E-state index in [0.29, 0.717) is 24.4 Å². The van der Waals surface area contributed by atoms with Crippen LogP contribution >= 0.6 is 12.4 Å². The Bertz CT molecular complexity index is 392. The summed E-state index contributed by atoms with van der Waals surface area (Å²) in [5.41, 5.74) is 0.304. The van der Waals surface area contributed by atoms with Gasteiger partial charge in [-0.25, -0.2) is 0 Å². The maximum atomic E-state index is 12.1. The van der Waals surface area contributed by atoms with Crippen molar-refractivity contribution < 1.29 is 9.59 Å². The number of piperidine rings is 1. The lowest BCUT2D eigenvalue weighted by molar-refractivity contribution is -0.124. The Balaban J connectivity index is 0.00000161. The molecule has 3 N–H and O–H groups in total. The van der Waals surface area contributed by atoms with Gasteiger partial charge in [-0.1, -0.05) is 0 Å². The third kappa shape index (κ3) is 4.33. The molecule has 1 aliphatic heterocycles. The third-order valence-electron chi connectivity index (χ3n) is 4.93. The Kier molecular flexibility index (Phi) is 5.49. The first-order valence-electron chi connectivity index (χ1n) is 7.97. The Hall–Kier alpha value is -0.810. The summed E-state index contributed by atoms with van der Waals surface area (Å²) in [6, 6.07) is 0.434. The van der Waals surface area contributed by atoms with Crippen LogP contribution in [0.5, 0.6) is 0 Å². The monoisotopic (exact) mass is 315 g/mol. The van der Waals surface area contributed by atoms with Gasteiger partial charge in [-0.2, -0.15) is 0 Å². The molecule has 21 heavy (non-hydrogen) atoms. The quantitative estimate of drug-likeness (QED) is 0.640. The van der Waals surface area contributed by atoms with E-state index in [1.165, 1.54) is 0 Å². The second kappa shape index (κ2) is 6.97. The molecule has 0 bridgehead atoms. The maximum absolute atomic E-state index is 12.1. The molecule has 0 radical (unpaired) electrons. The summed E-state index contributed by atoms with van der Waals surface area (Å²) in [4.78, 5) is 23.6.